The molecule has 1 rings (SSSR count). The highest BCUT2D eigenvalue weighted by Gasteiger charge is 2.33. The fraction of sp³-hybridized carbons (Fsp3) is 0.400. The highest BCUT2D eigenvalue weighted by molar-refractivity contribution is 5.45. The number of alkyl halides is 3. The number of halogens is 3. The van der Waals surface area contributed by atoms with Crippen molar-refractivity contribution in [1.29, 1.82) is 5.26 Å². The van der Waals surface area contributed by atoms with Crippen molar-refractivity contribution in [3.8, 4) is 6.07 Å². The molecule has 0 saturated heterocycles. The molecular weight excluding hydrogens is 219 g/mol. The molecule has 0 aliphatic rings. The first-order chi connectivity index (χ1) is 7.32. The van der Waals surface area contributed by atoms with E-state index in [0.717, 1.165) is 6.07 Å². The fourth-order valence-corrected chi connectivity index (χ4v) is 1.11. The van der Waals surface area contributed by atoms with Gasteiger partial charge in [-0.3, -0.25) is 0 Å². The Morgan fingerprint density at radius 2 is 2.00 bits per heavy atom. The van der Waals surface area contributed by atoms with Crippen LogP contribution in [0.3, 0.4) is 0 Å². The fourth-order valence-electron chi connectivity index (χ4n) is 1.11. The molecule has 0 aromatic carbocycles. The SMILES string of the molecule is CC(C)Nc1cc(C#N)cc(C(F)(F)F)n1. The topological polar surface area (TPSA) is 48.7 Å². The Morgan fingerprint density at radius 1 is 1.38 bits per heavy atom. The van der Waals surface area contributed by atoms with E-state index in [2.05, 4.69) is 10.3 Å². The second-order valence-corrected chi connectivity index (χ2v) is 3.53. The maximum Gasteiger partial charge on any atom is 0.433 e. The van der Waals surface area contributed by atoms with Gasteiger partial charge in [0, 0.05) is 6.04 Å². The normalized spacial score (nSPS) is 11.3. The summed E-state index contributed by atoms with van der Waals surface area (Å²) in [6.07, 6.45) is -4.54. The number of pyridine rings is 1. The smallest absolute Gasteiger partial charge is 0.368 e. The number of nitrogens with one attached hydrogen (secondary N) is 1. The zero-order chi connectivity index (χ0) is 12.3. The van der Waals surface area contributed by atoms with E-state index in [0.29, 0.717) is 0 Å². The summed E-state index contributed by atoms with van der Waals surface area (Å²) in [6, 6.07) is 3.63. The molecular formula is C10H10F3N3. The van der Waals surface area contributed by atoms with Crippen LogP contribution in [0.25, 0.3) is 0 Å². The number of aromatic nitrogens is 1. The Morgan fingerprint density at radius 3 is 2.44 bits per heavy atom. The molecule has 3 nitrogen and oxygen atoms in total. The summed E-state index contributed by atoms with van der Waals surface area (Å²) >= 11 is 0. The van der Waals surface area contributed by atoms with E-state index in [9.17, 15) is 13.2 Å². The van der Waals surface area contributed by atoms with Crippen LogP contribution in [-0.4, -0.2) is 11.0 Å². The van der Waals surface area contributed by atoms with Gasteiger partial charge in [0.15, 0.2) is 0 Å². The lowest BCUT2D eigenvalue weighted by atomic mass is 10.2. The zero-order valence-corrected chi connectivity index (χ0v) is 8.76. The molecule has 0 atom stereocenters. The van der Waals surface area contributed by atoms with E-state index in [1.165, 1.54) is 6.07 Å². The molecule has 0 amide bonds. The van der Waals surface area contributed by atoms with Crippen molar-refractivity contribution in [3.05, 3.63) is 23.4 Å². The standard InChI is InChI=1S/C10H10F3N3/c1-6(2)15-9-4-7(5-14)3-8(16-9)10(11,12)13/h3-4,6H,1-2H3,(H,15,16). The van der Waals surface area contributed by atoms with Crippen molar-refractivity contribution in [2.45, 2.75) is 26.1 Å². The third-order valence-corrected chi connectivity index (χ3v) is 1.68. The predicted octanol–water partition coefficient (Wildman–Crippen LogP) is 2.79. The van der Waals surface area contributed by atoms with E-state index in [1.54, 1.807) is 19.9 Å². The van der Waals surface area contributed by atoms with Gasteiger partial charge >= 0.3 is 6.18 Å². The molecule has 0 bridgehead atoms. The summed E-state index contributed by atoms with van der Waals surface area (Å²) in [5.74, 6) is 0.0568. The maximum absolute atomic E-state index is 12.4. The third kappa shape index (κ3) is 3.12. The molecule has 0 aliphatic carbocycles. The number of hydrogen-bond donors (Lipinski definition) is 1. The average molecular weight is 229 g/mol. The van der Waals surface area contributed by atoms with Crippen molar-refractivity contribution in [2.75, 3.05) is 5.32 Å². The molecule has 6 heteroatoms. The van der Waals surface area contributed by atoms with E-state index >= 15 is 0 Å². The van der Waals surface area contributed by atoms with Crippen LogP contribution in [0.5, 0.6) is 0 Å². The molecule has 0 fully saturated rings. The van der Waals surface area contributed by atoms with Crippen LogP contribution < -0.4 is 5.32 Å². The van der Waals surface area contributed by atoms with Gasteiger partial charge in [0.2, 0.25) is 0 Å². The third-order valence-electron chi connectivity index (χ3n) is 1.68. The van der Waals surface area contributed by atoms with E-state index < -0.39 is 11.9 Å². The number of anilines is 1. The van der Waals surface area contributed by atoms with Crippen molar-refractivity contribution in [2.24, 2.45) is 0 Å². The van der Waals surface area contributed by atoms with Gasteiger partial charge < -0.3 is 5.32 Å². The van der Waals surface area contributed by atoms with Gasteiger partial charge in [0.1, 0.15) is 11.5 Å². The van der Waals surface area contributed by atoms with Gasteiger partial charge in [-0.2, -0.15) is 18.4 Å². The van der Waals surface area contributed by atoms with Gasteiger partial charge in [-0.15, -0.1) is 0 Å². The highest BCUT2D eigenvalue weighted by Crippen LogP contribution is 2.29. The van der Waals surface area contributed by atoms with Crippen LogP contribution in [0.2, 0.25) is 0 Å². The minimum Gasteiger partial charge on any atom is -0.368 e. The summed E-state index contributed by atoms with van der Waals surface area (Å²) < 4.78 is 37.3. The summed E-state index contributed by atoms with van der Waals surface area (Å²) in [6.45, 7) is 3.54. The largest absolute Gasteiger partial charge is 0.433 e. The van der Waals surface area contributed by atoms with Gasteiger partial charge in [-0.25, -0.2) is 4.98 Å². The summed E-state index contributed by atoms with van der Waals surface area (Å²) in [5.41, 5.74) is -1.12. The molecule has 1 N–H and O–H groups in total. The molecule has 0 unspecified atom stereocenters. The van der Waals surface area contributed by atoms with Crippen LogP contribution in [0.1, 0.15) is 25.1 Å². The Balaban J connectivity index is 3.17. The lowest BCUT2D eigenvalue weighted by molar-refractivity contribution is -0.141. The van der Waals surface area contributed by atoms with E-state index in [-0.39, 0.29) is 17.4 Å². The molecule has 1 aromatic rings. The molecule has 0 radical (unpaired) electrons. The lowest BCUT2D eigenvalue weighted by Gasteiger charge is -2.12. The molecule has 0 spiro atoms. The van der Waals surface area contributed by atoms with Crippen molar-refractivity contribution in [3.63, 3.8) is 0 Å². The van der Waals surface area contributed by atoms with Crippen LogP contribution in [-0.2, 0) is 6.18 Å². The van der Waals surface area contributed by atoms with Crippen molar-refractivity contribution in [1.82, 2.24) is 4.98 Å². The first-order valence-corrected chi connectivity index (χ1v) is 4.59. The second-order valence-electron chi connectivity index (χ2n) is 3.53. The lowest BCUT2D eigenvalue weighted by Crippen LogP contribution is -2.15. The summed E-state index contributed by atoms with van der Waals surface area (Å²) in [7, 11) is 0. The Hall–Kier alpha value is -1.77. The Bertz CT molecular complexity index is 418. The minimum atomic E-state index is -4.54. The van der Waals surface area contributed by atoms with Crippen LogP contribution in [0, 0.1) is 11.3 Å². The van der Waals surface area contributed by atoms with Gasteiger partial charge in [0.25, 0.3) is 0 Å². The Kier molecular flexibility index (Phi) is 3.38. The van der Waals surface area contributed by atoms with Crippen LogP contribution in [0.15, 0.2) is 12.1 Å². The van der Waals surface area contributed by atoms with Crippen LogP contribution in [0.4, 0.5) is 19.0 Å². The molecule has 16 heavy (non-hydrogen) atoms. The Labute approximate surface area is 90.9 Å². The number of rotatable bonds is 2. The number of hydrogen-bond acceptors (Lipinski definition) is 3. The monoisotopic (exact) mass is 229 g/mol. The minimum absolute atomic E-state index is 0.0532. The predicted molar refractivity (Wildman–Crippen MR) is 52.7 cm³/mol. The second kappa shape index (κ2) is 4.39. The van der Waals surface area contributed by atoms with E-state index in [4.69, 9.17) is 5.26 Å². The molecule has 0 aliphatic heterocycles. The first kappa shape index (κ1) is 12.3. The number of nitriles is 1. The van der Waals surface area contributed by atoms with Gasteiger partial charge in [-0.05, 0) is 26.0 Å². The summed E-state index contributed by atoms with van der Waals surface area (Å²) in [5, 5.41) is 11.3. The molecule has 86 valence electrons. The zero-order valence-electron chi connectivity index (χ0n) is 8.76. The van der Waals surface area contributed by atoms with Crippen LogP contribution >= 0.6 is 0 Å². The van der Waals surface area contributed by atoms with Crippen molar-refractivity contribution >= 4 is 5.82 Å². The maximum atomic E-state index is 12.4. The van der Waals surface area contributed by atoms with Crippen molar-refractivity contribution < 1.29 is 13.2 Å². The number of nitrogens with zero attached hydrogens (tertiary/aromatic N) is 2. The van der Waals surface area contributed by atoms with Gasteiger partial charge in [-0.1, -0.05) is 0 Å². The average Bonchev–Trinajstić information content (AvgIpc) is 2.14. The quantitative estimate of drug-likeness (QED) is 0.848. The molecule has 1 aromatic heterocycles. The first-order valence-electron chi connectivity index (χ1n) is 4.59. The molecule has 1 heterocycles. The highest BCUT2D eigenvalue weighted by atomic mass is 19.4. The molecule has 0 saturated carbocycles. The van der Waals surface area contributed by atoms with E-state index in [1.807, 2.05) is 0 Å². The summed E-state index contributed by atoms with van der Waals surface area (Å²) in [4.78, 5) is 3.41. The van der Waals surface area contributed by atoms with Gasteiger partial charge in [0.05, 0.1) is 11.6 Å².